The molecule has 0 atom stereocenters. The Hall–Kier alpha value is -2.21. The Morgan fingerprint density at radius 1 is 1.26 bits per heavy atom. The van der Waals surface area contributed by atoms with Gasteiger partial charge in [0.15, 0.2) is 0 Å². The summed E-state index contributed by atoms with van der Waals surface area (Å²) < 4.78 is 1.40. The van der Waals surface area contributed by atoms with E-state index in [4.69, 9.17) is 0 Å². The van der Waals surface area contributed by atoms with Gasteiger partial charge in [-0.3, -0.25) is 4.79 Å². The molecule has 0 saturated carbocycles. The Bertz CT molecular complexity index is 884. The second-order valence-electron chi connectivity index (χ2n) is 5.48. The second-order valence-corrected chi connectivity index (χ2v) is 6.52. The summed E-state index contributed by atoms with van der Waals surface area (Å²) in [7, 11) is 0. The molecule has 120 valence electrons. The van der Waals surface area contributed by atoms with Crippen LogP contribution in [-0.2, 0) is 13.0 Å². The quantitative estimate of drug-likeness (QED) is 0.722. The zero-order valence-electron chi connectivity index (χ0n) is 13.6. The molecule has 0 bridgehead atoms. The van der Waals surface area contributed by atoms with Crippen LogP contribution in [0, 0.1) is 6.92 Å². The predicted octanol–water partition coefficient (Wildman–Crippen LogP) is 3.05. The van der Waals surface area contributed by atoms with Crippen LogP contribution in [-0.4, -0.2) is 21.1 Å². The molecular formula is C17H20N4OS. The summed E-state index contributed by atoms with van der Waals surface area (Å²) >= 11 is 1.48. The summed E-state index contributed by atoms with van der Waals surface area (Å²) in [6, 6.07) is 9.96. The molecule has 1 aromatic carbocycles. The van der Waals surface area contributed by atoms with Crippen molar-refractivity contribution in [2.75, 3.05) is 11.4 Å². The van der Waals surface area contributed by atoms with E-state index in [-0.39, 0.29) is 5.56 Å². The highest BCUT2D eigenvalue weighted by Gasteiger charge is 2.11. The molecule has 0 aliphatic heterocycles. The molecule has 0 aliphatic carbocycles. The summed E-state index contributed by atoms with van der Waals surface area (Å²) in [4.78, 5) is 19.7. The van der Waals surface area contributed by atoms with E-state index in [0.29, 0.717) is 11.5 Å². The van der Waals surface area contributed by atoms with Crippen molar-refractivity contribution < 1.29 is 0 Å². The van der Waals surface area contributed by atoms with E-state index in [2.05, 4.69) is 53.1 Å². The van der Waals surface area contributed by atoms with Crippen LogP contribution in [0.3, 0.4) is 0 Å². The first-order valence-corrected chi connectivity index (χ1v) is 8.62. The zero-order valence-corrected chi connectivity index (χ0v) is 14.4. The Balaban J connectivity index is 1.94. The second kappa shape index (κ2) is 6.50. The lowest BCUT2D eigenvalue weighted by Crippen LogP contribution is -2.25. The lowest BCUT2D eigenvalue weighted by atomic mass is 10.2. The van der Waals surface area contributed by atoms with Crippen LogP contribution in [0.1, 0.15) is 30.1 Å². The minimum atomic E-state index is -0.110. The fourth-order valence-corrected chi connectivity index (χ4v) is 3.38. The highest BCUT2D eigenvalue weighted by atomic mass is 32.1. The molecule has 0 N–H and O–H groups in total. The number of nitrogens with zero attached hydrogens (tertiary/aromatic N) is 4. The maximum atomic E-state index is 12.2. The third-order valence-corrected chi connectivity index (χ3v) is 4.80. The van der Waals surface area contributed by atoms with Crippen molar-refractivity contribution in [2.24, 2.45) is 0 Å². The maximum Gasteiger partial charge on any atom is 0.275 e. The van der Waals surface area contributed by atoms with E-state index in [0.717, 1.165) is 29.4 Å². The van der Waals surface area contributed by atoms with Gasteiger partial charge in [-0.25, -0.2) is 4.98 Å². The van der Waals surface area contributed by atoms with Gasteiger partial charge in [0.25, 0.3) is 5.56 Å². The molecule has 0 fully saturated rings. The van der Waals surface area contributed by atoms with Gasteiger partial charge < -0.3 is 4.90 Å². The molecule has 23 heavy (non-hydrogen) atoms. The van der Waals surface area contributed by atoms with E-state index in [9.17, 15) is 4.79 Å². The summed E-state index contributed by atoms with van der Waals surface area (Å²) in [6.45, 7) is 7.69. The highest BCUT2D eigenvalue weighted by molar-refractivity contribution is 7.16. The molecule has 3 aromatic rings. The van der Waals surface area contributed by atoms with Crippen LogP contribution in [0.5, 0.6) is 0 Å². The number of aryl methyl sites for hydroxylation is 2. The number of aromatic nitrogens is 3. The van der Waals surface area contributed by atoms with Crippen LogP contribution in [0.15, 0.2) is 35.1 Å². The van der Waals surface area contributed by atoms with E-state index in [1.165, 1.54) is 21.4 Å². The van der Waals surface area contributed by atoms with Gasteiger partial charge in [-0.2, -0.15) is 9.61 Å². The van der Waals surface area contributed by atoms with Gasteiger partial charge in [0, 0.05) is 18.3 Å². The number of hydrogen-bond donors (Lipinski definition) is 0. The molecule has 6 heteroatoms. The number of hydrogen-bond acceptors (Lipinski definition) is 5. The van der Waals surface area contributed by atoms with E-state index in [1.807, 2.05) is 6.92 Å². The van der Waals surface area contributed by atoms with Gasteiger partial charge >= 0.3 is 0 Å². The number of anilines is 1. The molecule has 0 amide bonds. The minimum Gasteiger partial charge on any atom is -0.366 e. The van der Waals surface area contributed by atoms with Crippen molar-refractivity contribution >= 4 is 22.0 Å². The van der Waals surface area contributed by atoms with Crippen molar-refractivity contribution in [1.29, 1.82) is 0 Å². The third kappa shape index (κ3) is 3.27. The first-order chi connectivity index (χ1) is 11.1. The molecule has 0 spiro atoms. The first kappa shape index (κ1) is 15.7. The van der Waals surface area contributed by atoms with Crippen LogP contribution in [0.4, 0.5) is 5.69 Å². The monoisotopic (exact) mass is 328 g/mol. The molecule has 0 saturated heterocycles. The zero-order chi connectivity index (χ0) is 16.4. The van der Waals surface area contributed by atoms with Gasteiger partial charge in [-0.1, -0.05) is 30.4 Å². The smallest absolute Gasteiger partial charge is 0.275 e. The standard InChI is InChI=1S/C17H20N4OS/c1-4-15-19-21-16(22)10-13(18-17(21)23-15)11-20(5-2)14-8-6-7-12(3)9-14/h6-10H,4-5,11H2,1-3H3. The van der Waals surface area contributed by atoms with Crippen LogP contribution in [0.25, 0.3) is 4.96 Å². The molecule has 0 unspecified atom stereocenters. The molecular weight excluding hydrogens is 308 g/mol. The fraction of sp³-hybridized carbons (Fsp3) is 0.353. The average Bonchev–Trinajstić information content (AvgIpc) is 2.96. The summed E-state index contributed by atoms with van der Waals surface area (Å²) in [6.07, 6.45) is 0.813. The Morgan fingerprint density at radius 3 is 2.78 bits per heavy atom. The van der Waals surface area contributed by atoms with Crippen molar-refractivity contribution in [3.05, 3.63) is 57.0 Å². The van der Waals surface area contributed by atoms with Gasteiger partial charge in [-0.15, -0.1) is 0 Å². The lowest BCUT2D eigenvalue weighted by molar-refractivity contribution is 0.790. The molecule has 0 aliphatic rings. The normalized spacial score (nSPS) is 11.1. The summed E-state index contributed by atoms with van der Waals surface area (Å²) in [5, 5.41) is 5.22. The Kier molecular flexibility index (Phi) is 4.43. The van der Waals surface area contributed by atoms with Crippen LogP contribution in [0.2, 0.25) is 0 Å². The van der Waals surface area contributed by atoms with E-state index < -0.39 is 0 Å². The molecule has 0 radical (unpaired) electrons. The largest absolute Gasteiger partial charge is 0.366 e. The lowest BCUT2D eigenvalue weighted by Gasteiger charge is -2.23. The van der Waals surface area contributed by atoms with Crippen molar-refractivity contribution in [3.63, 3.8) is 0 Å². The van der Waals surface area contributed by atoms with Gasteiger partial charge in [0.1, 0.15) is 5.01 Å². The van der Waals surface area contributed by atoms with Gasteiger partial charge in [-0.05, 0) is 38.0 Å². The Morgan fingerprint density at radius 2 is 2.09 bits per heavy atom. The SMILES string of the molecule is CCc1nn2c(=O)cc(CN(CC)c3cccc(C)c3)nc2s1. The first-order valence-electron chi connectivity index (χ1n) is 7.81. The Labute approximate surface area is 139 Å². The van der Waals surface area contributed by atoms with Gasteiger partial charge in [0.05, 0.1) is 12.2 Å². The van der Waals surface area contributed by atoms with Gasteiger partial charge in [0.2, 0.25) is 4.96 Å². The topological polar surface area (TPSA) is 50.5 Å². The summed E-state index contributed by atoms with van der Waals surface area (Å²) in [5.41, 5.74) is 3.04. The molecule has 2 heterocycles. The fourth-order valence-electron chi connectivity index (χ4n) is 2.53. The number of benzene rings is 1. The number of rotatable bonds is 5. The van der Waals surface area contributed by atoms with E-state index in [1.54, 1.807) is 6.07 Å². The average molecular weight is 328 g/mol. The van der Waals surface area contributed by atoms with Crippen molar-refractivity contribution in [2.45, 2.75) is 33.7 Å². The highest BCUT2D eigenvalue weighted by Crippen LogP contribution is 2.18. The summed E-state index contributed by atoms with van der Waals surface area (Å²) in [5.74, 6) is 0. The van der Waals surface area contributed by atoms with Crippen molar-refractivity contribution in [3.8, 4) is 0 Å². The predicted molar refractivity (Wildman–Crippen MR) is 94.4 cm³/mol. The van der Waals surface area contributed by atoms with Crippen molar-refractivity contribution in [1.82, 2.24) is 14.6 Å². The van der Waals surface area contributed by atoms with Crippen LogP contribution >= 0.6 is 11.3 Å². The minimum absolute atomic E-state index is 0.110. The third-order valence-electron chi connectivity index (χ3n) is 3.74. The molecule has 3 rings (SSSR count). The number of fused-ring (bicyclic) bond motifs is 1. The van der Waals surface area contributed by atoms with Crippen LogP contribution < -0.4 is 10.5 Å². The van der Waals surface area contributed by atoms with E-state index >= 15 is 0 Å². The molecule has 2 aromatic heterocycles. The maximum absolute atomic E-state index is 12.2. The molecule has 5 nitrogen and oxygen atoms in total.